The molecule has 154 valence electrons. The average molecular weight is 425 g/mol. The van der Waals surface area contributed by atoms with Gasteiger partial charge >= 0.3 is 0 Å². The molecule has 9 heteroatoms. The molecule has 2 heterocycles. The summed E-state index contributed by atoms with van der Waals surface area (Å²) < 4.78 is 13.6. The molecule has 1 unspecified atom stereocenters. The molecule has 0 aliphatic carbocycles. The van der Waals surface area contributed by atoms with Crippen LogP contribution < -0.4 is 9.47 Å². The molecule has 3 aromatic rings. The molecule has 0 radical (unpaired) electrons. The summed E-state index contributed by atoms with van der Waals surface area (Å²) in [5, 5.41) is 28.3. The maximum Gasteiger partial charge on any atom is 0.192 e. The monoisotopic (exact) mass is 425 g/mol. The summed E-state index contributed by atoms with van der Waals surface area (Å²) in [6, 6.07) is 11.3. The molecule has 0 spiro atoms. The number of nitrogens with zero attached hydrogens (tertiary/aromatic N) is 3. The van der Waals surface area contributed by atoms with Gasteiger partial charge in [0.1, 0.15) is 18.1 Å². The van der Waals surface area contributed by atoms with E-state index in [0.717, 1.165) is 6.07 Å². The Morgan fingerprint density at radius 1 is 1.23 bits per heavy atom. The first kappa shape index (κ1) is 19.8. The van der Waals surface area contributed by atoms with Crippen LogP contribution >= 0.6 is 11.8 Å². The Kier molecular flexibility index (Phi) is 5.62. The van der Waals surface area contributed by atoms with E-state index >= 15 is 0 Å². The second-order valence-electron chi connectivity index (χ2n) is 6.52. The van der Waals surface area contributed by atoms with E-state index < -0.39 is 6.10 Å². The summed E-state index contributed by atoms with van der Waals surface area (Å²) in [7, 11) is 0. The van der Waals surface area contributed by atoms with Crippen LogP contribution in [0.5, 0.6) is 23.0 Å². The summed E-state index contributed by atoms with van der Waals surface area (Å²) in [4.78, 5) is 12.5. The van der Waals surface area contributed by atoms with Crippen molar-refractivity contribution in [3.05, 3.63) is 66.5 Å². The molecule has 0 saturated carbocycles. The Labute approximate surface area is 176 Å². The van der Waals surface area contributed by atoms with E-state index in [0.29, 0.717) is 29.0 Å². The lowest BCUT2D eigenvalue weighted by Gasteiger charge is -2.26. The SMILES string of the molecule is C=CCn1c(SCC(=O)c2ccc(O)cc2O)nnc1C1COc2ccccc2O1. The highest BCUT2D eigenvalue weighted by Crippen LogP contribution is 2.36. The fraction of sp³-hybridized carbons (Fsp3) is 0.190. The predicted octanol–water partition coefficient (Wildman–Crippen LogP) is 3.36. The predicted molar refractivity (Wildman–Crippen MR) is 110 cm³/mol. The number of carbonyl (C=O) groups is 1. The molecule has 0 saturated heterocycles. The number of benzene rings is 2. The number of ether oxygens (including phenoxy) is 2. The van der Waals surface area contributed by atoms with Gasteiger partial charge in [0, 0.05) is 12.6 Å². The van der Waals surface area contributed by atoms with Crippen LogP contribution in [0.25, 0.3) is 0 Å². The quantitative estimate of drug-likeness (QED) is 0.337. The molecule has 1 aromatic heterocycles. The third kappa shape index (κ3) is 3.97. The zero-order chi connectivity index (χ0) is 21.1. The fourth-order valence-corrected chi connectivity index (χ4v) is 3.89. The Morgan fingerprint density at radius 2 is 2.03 bits per heavy atom. The minimum absolute atomic E-state index is 0.0401. The van der Waals surface area contributed by atoms with E-state index in [4.69, 9.17) is 9.47 Å². The second-order valence-corrected chi connectivity index (χ2v) is 7.46. The minimum atomic E-state index is -0.446. The van der Waals surface area contributed by atoms with Crippen LogP contribution in [-0.4, -0.2) is 43.1 Å². The van der Waals surface area contributed by atoms with Crippen molar-refractivity contribution in [3.63, 3.8) is 0 Å². The van der Waals surface area contributed by atoms with Gasteiger partial charge in [-0.2, -0.15) is 0 Å². The largest absolute Gasteiger partial charge is 0.508 e. The number of phenolic OH excluding ortho intramolecular Hbond substituents is 2. The van der Waals surface area contributed by atoms with Gasteiger partial charge in [0.2, 0.25) is 0 Å². The van der Waals surface area contributed by atoms with Crippen molar-refractivity contribution in [2.45, 2.75) is 17.8 Å². The Morgan fingerprint density at radius 3 is 2.80 bits per heavy atom. The highest BCUT2D eigenvalue weighted by Gasteiger charge is 2.28. The molecule has 1 aliphatic heterocycles. The van der Waals surface area contributed by atoms with Gasteiger partial charge in [-0.15, -0.1) is 16.8 Å². The van der Waals surface area contributed by atoms with Gasteiger partial charge in [-0.05, 0) is 24.3 Å². The molecule has 0 amide bonds. The first-order chi connectivity index (χ1) is 14.6. The van der Waals surface area contributed by atoms with Gasteiger partial charge in [-0.3, -0.25) is 9.36 Å². The molecule has 8 nitrogen and oxygen atoms in total. The van der Waals surface area contributed by atoms with Gasteiger partial charge < -0.3 is 19.7 Å². The van der Waals surface area contributed by atoms with Crippen LogP contribution in [0, 0.1) is 0 Å². The number of allylic oxidation sites excluding steroid dienone is 1. The summed E-state index contributed by atoms with van der Waals surface area (Å²) in [6.07, 6.45) is 1.26. The van der Waals surface area contributed by atoms with Gasteiger partial charge in [0.05, 0.1) is 11.3 Å². The molecule has 1 atom stereocenters. The van der Waals surface area contributed by atoms with Gasteiger partial charge in [-0.1, -0.05) is 30.0 Å². The number of thioether (sulfide) groups is 1. The second kappa shape index (κ2) is 8.50. The number of rotatable bonds is 7. The Hall–Kier alpha value is -3.46. The van der Waals surface area contributed by atoms with Gasteiger partial charge in [0.25, 0.3) is 0 Å². The summed E-state index contributed by atoms with van der Waals surface area (Å²) in [5.41, 5.74) is 0.135. The van der Waals surface area contributed by atoms with Crippen molar-refractivity contribution in [2.24, 2.45) is 0 Å². The number of carbonyl (C=O) groups excluding carboxylic acids is 1. The summed E-state index contributed by atoms with van der Waals surface area (Å²) in [6.45, 7) is 4.50. The zero-order valence-electron chi connectivity index (χ0n) is 15.9. The van der Waals surface area contributed by atoms with E-state index in [9.17, 15) is 15.0 Å². The molecule has 30 heavy (non-hydrogen) atoms. The zero-order valence-corrected chi connectivity index (χ0v) is 16.7. The molecule has 1 aliphatic rings. The molecule has 0 fully saturated rings. The maximum atomic E-state index is 12.5. The standard InChI is InChI=1S/C21H19N3O5S/c1-2-9-24-20(19-11-28-17-5-3-4-6-18(17)29-19)22-23-21(24)30-12-16(27)14-8-7-13(25)10-15(14)26/h2-8,10,19,25-26H,1,9,11-12H2. The van der Waals surface area contributed by atoms with Crippen molar-refractivity contribution >= 4 is 17.5 Å². The summed E-state index contributed by atoms with van der Waals surface area (Å²) >= 11 is 1.20. The van der Waals surface area contributed by atoms with Crippen molar-refractivity contribution in [1.82, 2.24) is 14.8 Å². The van der Waals surface area contributed by atoms with Gasteiger partial charge in [-0.25, -0.2) is 0 Å². The number of ketones is 1. The molecule has 4 rings (SSSR count). The van der Waals surface area contributed by atoms with E-state index in [1.807, 2.05) is 28.8 Å². The van der Waals surface area contributed by atoms with Crippen molar-refractivity contribution in [2.75, 3.05) is 12.4 Å². The fourth-order valence-electron chi connectivity index (χ4n) is 3.06. The molecule has 0 bridgehead atoms. The lowest BCUT2D eigenvalue weighted by Crippen LogP contribution is -2.25. The average Bonchev–Trinajstić information content (AvgIpc) is 3.14. The normalized spacial score (nSPS) is 15.0. The number of fused-ring (bicyclic) bond motifs is 1. The van der Waals surface area contributed by atoms with Crippen molar-refractivity contribution in [3.8, 4) is 23.0 Å². The highest BCUT2D eigenvalue weighted by atomic mass is 32.2. The van der Waals surface area contributed by atoms with Crippen LogP contribution in [0.15, 0.2) is 60.3 Å². The lowest BCUT2D eigenvalue weighted by atomic mass is 10.1. The van der Waals surface area contributed by atoms with Crippen LogP contribution in [0.2, 0.25) is 0 Å². The molecule has 2 aromatic carbocycles. The number of hydrogen-bond acceptors (Lipinski definition) is 8. The maximum absolute atomic E-state index is 12.5. The van der Waals surface area contributed by atoms with E-state index in [-0.39, 0.29) is 35.2 Å². The Balaban J connectivity index is 1.51. The number of aromatic nitrogens is 3. The third-order valence-corrected chi connectivity index (χ3v) is 5.43. The highest BCUT2D eigenvalue weighted by molar-refractivity contribution is 7.99. The Bertz CT molecular complexity index is 1100. The first-order valence-electron chi connectivity index (χ1n) is 9.17. The number of phenols is 2. The molecular formula is C21H19N3O5S. The van der Waals surface area contributed by atoms with E-state index in [1.165, 1.54) is 23.9 Å². The van der Waals surface area contributed by atoms with Crippen molar-refractivity contribution in [1.29, 1.82) is 0 Å². The topological polar surface area (TPSA) is 107 Å². The number of hydrogen-bond donors (Lipinski definition) is 2. The van der Waals surface area contributed by atoms with Crippen molar-refractivity contribution < 1.29 is 24.5 Å². The number of Topliss-reactive ketones (excluding diaryl/α,β-unsaturated/α-hetero) is 1. The molecular weight excluding hydrogens is 406 g/mol. The third-order valence-electron chi connectivity index (χ3n) is 4.47. The van der Waals surface area contributed by atoms with Crippen LogP contribution in [0.3, 0.4) is 0 Å². The first-order valence-corrected chi connectivity index (χ1v) is 10.2. The minimum Gasteiger partial charge on any atom is -0.508 e. The number of aromatic hydroxyl groups is 2. The lowest BCUT2D eigenvalue weighted by molar-refractivity contribution is 0.0821. The van der Waals surface area contributed by atoms with Gasteiger partial charge in [0.15, 0.2) is 34.4 Å². The number of para-hydroxylation sites is 2. The summed E-state index contributed by atoms with van der Waals surface area (Å²) in [5.74, 6) is 1.26. The van der Waals surface area contributed by atoms with E-state index in [2.05, 4.69) is 16.8 Å². The van der Waals surface area contributed by atoms with Crippen LogP contribution in [-0.2, 0) is 6.54 Å². The van der Waals surface area contributed by atoms with E-state index in [1.54, 1.807) is 6.08 Å². The van der Waals surface area contributed by atoms with Crippen LogP contribution in [0.1, 0.15) is 22.3 Å². The molecule has 2 N–H and O–H groups in total. The smallest absolute Gasteiger partial charge is 0.192 e. The van der Waals surface area contributed by atoms with Crippen LogP contribution in [0.4, 0.5) is 0 Å².